The lowest BCUT2D eigenvalue weighted by molar-refractivity contribution is 0.0628. The van der Waals surface area contributed by atoms with Gasteiger partial charge in [0, 0.05) is 18.1 Å². The molecule has 3 unspecified atom stereocenters. The molecule has 2 aliphatic heterocycles. The number of nitrogens with two attached hydrogens (primary N) is 1. The van der Waals surface area contributed by atoms with Crippen LogP contribution in [0.1, 0.15) is 52.4 Å². The summed E-state index contributed by atoms with van der Waals surface area (Å²) in [5.74, 6) is 0.924. The average molecular weight is 210 g/mol. The van der Waals surface area contributed by atoms with Gasteiger partial charge in [0.15, 0.2) is 0 Å². The maximum Gasteiger partial charge on any atom is 0.0104 e. The molecule has 0 spiro atoms. The third-order valence-corrected chi connectivity index (χ3v) is 4.56. The fourth-order valence-electron chi connectivity index (χ4n) is 3.73. The predicted octanol–water partition coefficient (Wildman–Crippen LogP) is 2.38. The van der Waals surface area contributed by atoms with Gasteiger partial charge in [0.05, 0.1) is 0 Å². The summed E-state index contributed by atoms with van der Waals surface area (Å²) in [4.78, 5) is 2.81. The second kappa shape index (κ2) is 4.84. The van der Waals surface area contributed by atoms with E-state index >= 15 is 0 Å². The van der Waals surface area contributed by atoms with E-state index in [0.29, 0.717) is 0 Å². The zero-order valence-corrected chi connectivity index (χ0v) is 10.3. The van der Waals surface area contributed by atoms with Crippen molar-refractivity contribution in [3.05, 3.63) is 0 Å². The monoisotopic (exact) mass is 210 g/mol. The van der Waals surface area contributed by atoms with E-state index in [-0.39, 0.29) is 0 Å². The number of hydrogen-bond donors (Lipinski definition) is 1. The van der Waals surface area contributed by atoms with Gasteiger partial charge >= 0.3 is 0 Å². The minimum absolute atomic E-state index is 0.793. The number of fused-ring (bicyclic) bond motifs is 2. The lowest BCUT2D eigenvalue weighted by Crippen LogP contribution is -2.47. The highest BCUT2D eigenvalue weighted by atomic mass is 15.2. The van der Waals surface area contributed by atoms with Gasteiger partial charge in [0.1, 0.15) is 0 Å². The molecule has 2 fully saturated rings. The van der Waals surface area contributed by atoms with E-state index < -0.39 is 0 Å². The molecule has 2 heterocycles. The van der Waals surface area contributed by atoms with Crippen LogP contribution in [0.4, 0.5) is 0 Å². The molecule has 15 heavy (non-hydrogen) atoms. The molecular formula is C13H26N2. The van der Waals surface area contributed by atoms with Crippen LogP contribution in [0.15, 0.2) is 0 Å². The fraction of sp³-hybridized carbons (Fsp3) is 1.00. The second-order valence-electron chi connectivity index (χ2n) is 5.50. The van der Waals surface area contributed by atoms with Crippen molar-refractivity contribution >= 4 is 0 Å². The van der Waals surface area contributed by atoms with Gasteiger partial charge in [0.25, 0.3) is 0 Å². The Kier molecular flexibility index (Phi) is 3.68. The van der Waals surface area contributed by atoms with Crippen molar-refractivity contribution < 1.29 is 0 Å². The summed E-state index contributed by atoms with van der Waals surface area (Å²) in [6.45, 7) is 5.60. The Morgan fingerprint density at radius 3 is 2.33 bits per heavy atom. The molecule has 2 rings (SSSR count). The van der Waals surface area contributed by atoms with E-state index in [9.17, 15) is 0 Å². The highest BCUT2D eigenvalue weighted by molar-refractivity contribution is 4.96. The standard InChI is InChI=1S/C13H26N2/c1-3-10(2)15-12-4-5-13(15)9-11(8-12)6-7-14/h10-13H,3-9,14H2,1-2H3. The van der Waals surface area contributed by atoms with Crippen LogP contribution in [0.2, 0.25) is 0 Å². The summed E-state index contributed by atoms with van der Waals surface area (Å²) in [7, 11) is 0. The molecule has 2 nitrogen and oxygen atoms in total. The summed E-state index contributed by atoms with van der Waals surface area (Å²) in [6, 6.07) is 2.56. The van der Waals surface area contributed by atoms with E-state index in [1.165, 1.54) is 38.5 Å². The van der Waals surface area contributed by atoms with E-state index in [4.69, 9.17) is 5.73 Å². The number of piperidine rings is 1. The van der Waals surface area contributed by atoms with Crippen LogP contribution in [0.25, 0.3) is 0 Å². The number of nitrogens with zero attached hydrogens (tertiary/aromatic N) is 1. The highest BCUT2D eigenvalue weighted by Gasteiger charge is 2.41. The Bertz CT molecular complexity index is 191. The first-order chi connectivity index (χ1) is 7.26. The maximum atomic E-state index is 5.68. The zero-order chi connectivity index (χ0) is 10.8. The van der Waals surface area contributed by atoms with Gasteiger partial charge in [-0.2, -0.15) is 0 Å². The minimum Gasteiger partial charge on any atom is -0.330 e. The summed E-state index contributed by atoms with van der Waals surface area (Å²) in [5, 5.41) is 0. The van der Waals surface area contributed by atoms with Crippen molar-refractivity contribution in [2.45, 2.75) is 70.5 Å². The lowest BCUT2D eigenvalue weighted by atomic mass is 9.87. The molecule has 88 valence electrons. The molecule has 0 aromatic rings. The normalized spacial score (nSPS) is 38.2. The van der Waals surface area contributed by atoms with Gasteiger partial charge < -0.3 is 5.73 Å². The molecule has 3 atom stereocenters. The molecule has 2 N–H and O–H groups in total. The van der Waals surface area contributed by atoms with Crippen molar-refractivity contribution in [3.8, 4) is 0 Å². The smallest absolute Gasteiger partial charge is 0.0104 e. The number of rotatable bonds is 4. The molecule has 2 bridgehead atoms. The summed E-state index contributed by atoms with van der Waals surface area (Å²) in [6.07, 6.45) is 8.26. The van der Waals surface area contributed by atoms with Crippen molar-refractivity contribution in [3.63, 3.8) is 0 Å². The van der Waals surface area contributed by atoms with Gasteiger partial charge in [-0.25, -0.2) is 0 Å². The summed E-state index contributed by atoms with van der Waals surface area (Å²) in [5.41, 5.74) is 5.68. The zero-order valence-electron chi connectivity index (χ0n) is 10.3. The third kappa shape index (κ3) is 2.21. The second-order valence-corrected chi connectivity index (χ2v) is 5.50. The molecule has 0 saturated carbocycles. The van der Waals surface area contributed by atoms with Crippen LogP contribution in [-0.2, 0) is 0 Å². The highest BCUT2D eigenvalue weighted by Crippen LogP contribution is 2.41. The van der Waals surface area contributed by atoms with Gasteiger partial charge in [-0.1, -0.05) is 6.92 Å². The first kappa shape index (κ1) is 11.4. The molecule has 0 aromatic heterocycles. The Labute approximate surface area is 94.2 Å². The maximum absolute atomic E-state index is 5.68. The lowest BCUT2D eigenvalue weighted by Gasteiger charge is -2.42. The summed E-state index contributed by atoms with van der Waals surface area (Å²) < 4.78 is 0. The van der Waals surface area contributed by atoms with Crippen molar-refractivity contribution in [2.24, 2.45) is 11.7 Å². The Hall–Kier alpha value is -0.0800. The Morgan fingerprint density at radius 2 is 1.87 bits per heavy atom. The first-order valence-corrected chi connectivity index (χ1v) is 6.73. The molecule has 0 aliphatic carbocycles. The summed E-state index contributed by atoms with van der Waals surface area (Å²) >= 11 is 0. The largest absolute Gasteiger partial charge is 0.330 e. The van der Waals surface area contributed by atoms with Crippen LogP contribution in [0.3, 0.4) is 0 Å². The molecule has 2 saturated heterocycles. The van der Waals surface area contributed by atoms with Crippen LogP contribution in [0.5, 0.6) is 0 Å². The molecule has 2 aliphatic rings. The van der Waals surface area contributed by atoms with Gasteiger partial charge in [-0.3, -0.25) is 4.90 Å². The minimum atomic E-state index is 0.793. The van der Waals surface area contributed by atoms with E-state index in [0.717, 1.165) is 30.6 Å². The first-order valence-electron chi connectivity index (χ1n) is 6.73. The third-order valence-electron chi connectivity index (χ3n) is 4.56. The van der Waals surface area contributed by atoms with Crippen LogP contribution in [-0.4, -0.2) is 29.6 Å². The van der Waals surface area contributed by atoms with E-state index in [1.54, 1.807) is 0 Å². The quantitative estimate of drug-likeness (QED) is 0.772. The Balaban J connectivity index is 1.97. The molecule has 0 radical (unpaired) electrons. The fourth-order valence-corrected chi connectivity index (χ4v) is 3.73. The van der Waals surface area contributed by atoms with Crippen molar-refractivity contribution in [2.75, 3.05) is 6.54 Å². The topological polar surface area (TPSA) is 29.3 Å². The van der Waals surface area contributed by atoms with Crippen LogP contribution in [0, 0.1) is 5.92 Å². The van der Waals surface area contributed by atoms with E-state index in [1.807, 2.05) is 0 Å². The molecule has 0 aromatic carbocycles. The average Bonchev–Trinajstić information content (AvgIpc) is 2.50. The van der Waals surface area contributed by atoms with Crippen molar-refractivity contribution in [1.82, 2.24) is 4.90 Å². The predicted molar refractivity (Wildman–Crippen MR) is 64.8 cm³/mol. The van der Waals surface area contributed by atoms with E-state index in [2.05, 4.69) is 18.7 Å². The SMILES string of the molecule is CCC(C)N1C2CCC1CC(CCN)C2. The van der Waals surface area contributed by atoms with Crippen molar-refractivity contribution in [1.29, 1.82) is 0 Å². The molecule has 0 amide bonds. The van der Waals surface area contributed by atoms with Gasteiger partial charge in [-0.15, -0.1) is 0 Å². The van der Waals surface area contributed by atoms with Crippen LogP contribution >= 0.6 is 0 Å². The van der Waals surface area contributed by atoms with Gasteiger partial charge in [-0.05, 0) is 57.9 Å². The van der Waals surface area contributed by atoms with Crippen LogP contribution < -0.4 is 5.73 Å². The molecule has 2 heteroatoms. The number of hydrogen-bond acceptors (Lipinski definition) is 2. The molecular weight excluding hydrogens is 184 g/mol. The Morgan fingerprint density at radius 1 is 1.27 bits per heavy atom. The van der Waals surface area contributed by atoms with Gasteiger partial charge in [0.2, 0.25) is 0 Å².